The number of nitrogens with two attached hydrogens (primary N) is 1. The van der Waals surface area contributed by atoms with Gasteiger partial charge in [-0.3, -0.25) is 15.8 Å². The van der Waals surface area contributed by atoms with Gasteiger partial charge in [-0.2, -0.15) is 0 Å². The van der Waals surface area contributed by atoms with Crippen molar-refractivity contribution in [2.75, 3.05) is 0 Å². The molecule has 100 valence electrons. The molecule has 0 aliphatic heterocycles. The molecule has 2 heterocycles. The predicted molar refractivity (Wildman–Crippen MR) is 75.1 cm³/mol. The van der Waals surface area contributed by atoms with Gasteiger partial charge in [0.2, 0.25) is 0 Å². The normalized spacial score (nSPS) is 12.5. The van der Waals surface area contributed by atoms with Crippen molar-refractivity contribution in [3.05, 3.63) is 72.1 Å². The molecule has 2 aromatic heterocycles. The highest BCUT2D eigenvalue weighted by molar-refractivity contribution is 5.85. The van der Waals surface area contributed by atoms with E-state index in [1.807, 2.05) is 24.3 Å². The summed E-state index contributed by atoms with van der Waals surface area (Å²) in [7, 11) is 0. The van der Waals surface area contributed by atoms with Gasteiger partial charge in [0.25, 0.3) is 0 Å². The zero-order valence-corrected chi connectivity index (χ0v) is 10.6. The standard InChI is InChI=1S/C15H13FN4/c16-13-5-2-7-19-15(13)14(20-17)12-4-1-3-10-9-18-8-6-11(10)12/h1-9,14,20H,17H2. The Labute approximate surface area is 115 Å². The van der Waals surface area contributed by atoms with Crippen LogP contribution >= 0.6 is 0 Å². The number of aromatic nitrogens is 2. The molecule has 3 aromatic rings. The van der Waals surface area contributed by atoms with E-state index in [1.165, 1.54) is 6.07 Å². The van der Waals surface area contributed by atoms with Crippen molar-refractivity contribution >= 4 is 10.8 Å². The van der Waals surface area contributed by atoms with E-state index in [4.69, 9.17) is 5.84 Å². The SMILES string of the molecule is NNC(c1ncccc1F)c1cccc2cnccc12. The van der Waals surface area contributed by atoms with Crippen molar-refractivity contribution < 1.29 is 4.39 Å². The lowest BCUT2D eigenvalue weighted by Crippen LogP contribution is -2.30. The van der Waals surface area contributed by atoms with Crippen molar-refractivity contribution in [2.45, 2.75) is 6.04 Å². The van der Waals surface area contributed by atoms with Crippen LogP contribution in [-0.4, -0.2) is 9.97 Å². The van der Waals surface area contributed by atoms with Crippen LogP contribution in [0.15, 0.2) is 55.0 Å². The fourth-order valence-corrected chi connectivity index (χ4v) is 2.33. The zero-order valence-electron chi connectivity index (χ0n) is 10.6. The number of hydrogen-bond donors (Lipinski definition) is 2. The Morgan fingerprint density at radius 3 is 2.80 bits per heavy atom. The Morgan fingerprint density at radius 1 is 1.10 bits per heavy atom. The molecule has 1 aromatic carbocycles. The molecule has 0 fully saturated rings. The summed E-state index contributed by atoms with van der Waals surface area (Å²) in [6.07, 6.45) is 5.02. The second kappa shape index (κ2) is 5.32. The fourth-order valence-electron chi connectivity index (χ4n) is 2.33. The van der Waals surface area contributed by atoms with Gasteiger partial charge in [0.1, 0.15) is 5.82 Å². The summed E-state index contributed by atoms with van der Waals surface area (Å²) >= 11 is 0. The Morgan fingerprint density at radius 2 is 2.00 bits per heavy atom. The highest BCUT2D eigenvalue weighted by atomic mass is 19.1. The molecule has 0 spiro atoms. The first-order valence-corrected chi connectivity index (χ1v) is 6.20. The average molecular weight is 268 g/mol. The van der Waals surface area contributed by atoms with Gasteiger partial charge in [0.15, 0.2) is 0 Å². The molecule has 0 radical (unpaired) electrons. The Bertz CT molecular complexity index is 739. The number of hydrazine groups is 1. The number of nitrogens with one attached hydrogen (secondary N) is 1. The van der Waals surface area contributed by atoms with E-state index in [9.17, 15) is 4.39 Å². The summed E-state index contributed by atoms with van der Waals surface area (Å²) in [5, 5.41) is 1.94. The van der Waals surface area contributed by atoms with Gasteiger partial charge in [-0.15, -0.1) is 0 Å². The average Bonchev–Trinajstić information content (AvgIpc) is 2.50. The van der Waals surface area contributed by atoms with E-state index in [1.54, 1.807) is 24.7 Å². The van der Waals surface area contributed by atoms with E-state index < -0.39 is 6.04 Å². The maximum atomic E-state index is 13.9. The third kappa shape index (κ3) is 2.13. The monoisotopic (exact) mass is 268 g/mol. The van der Waals surface area contributed by atoms with Gasteiger partial charge >= 0.3 is 0 Å². The van der Waals surface area contributed by atoms with Crippen LogP contribution in [0.4, 0.5) is 4.39 Å². The zero-order chi connectivity index (χ0) is 13.9. The van der Waals surface area contributed by atoms with E-state index >= 15 is 0 Å². The molecule has 0 aliphatic carbocycles. The molecule has 0 saturated heterocycles. The molecule has 0 bridgehead atoms. The number of benzene rings is 1. The molecule has 0 amide bonds. The number of rotatable bonds is 3. The molecule has 5 heteroatoms. The number of hydrogen-bond acceptors (Lipinski definition) is 4. The van der Waals surface area contributed by atoms with Gasteiger partial charge in [-0.1, -0.05) is 18.2 Å². The molecule has 0 saturated carbocycles. The van der Waals surface area contributed by atoms with E-state index in [-0.39, 0.29) is 11.5 Å². The summed E-state index contributed by atoms with van der Waals surface area (Å²) in [5.41, 5.74) is 3.79. The summed E-state index contributed by atoms with van der Waals surface area (Å²) < 4.78 is 13.9. The van der Waals surface area contributed by atoms with Crippen LogP contribution in [0.2, 0.25) is 0 Å². The molecule has 3 rings (SSSR count). The molecular weight excluding hydrogens is 255 g/mol. The quantitative estimate of drug-likeness (QED) is 0.565. The van der Waals surface area contributed by atoms with E-state index in [0.717, 1.165) is 16.3 Å². The lowest BCUT2D eigenvalue weighted by atomic mass is 9.97. The third-order valence-electron chi connectivity index (χ3n) is 3.25. The van der Waals surface area contributed by atoms with Crippen molar-refractivity contribution in [3.8, 4) is 0 Å². The minimum absolute atomic E-state index is 0.277. The Balaban J connectivity index is 2.20. The first kappa shape index (κ1) is 12.7. The second-order valence-corrected chi connectivity index (χ2v) is 4.41. The van der Waals surface area contributed by atoms with Crippen LogP contribution in [0, 0.1) is 5.82 Å². The molecular formula is C15H13FN4. The van der Waals surface area contributed by atoms with Crippen LogP contribution in [0.3, 0.4) is 0 Å². The largest absolute Gasteiger partial charge is 0.271 e. The molecule has 20 heavy (non-hydrogen) atoms. The number of halogens is 1. The summed E-state index contributed by atoms with van der Waals surface area (Å²) in [6.45, 7) is 0. The fraction of sp³-hybridized carbons (Fsp3) is 0.0667. The smallest absolute Gasteiger partial charge is 0.146 e. The minimum atomic E-state index is -0.512. The highest BCUT2D eigenvalue weighted by Gasteiger charge is 2.19. The van der Waals surface area contributed by atoms with Gasteiger partial charge in [0, 0.05) is 24.0 Å². The second-order valence-electron chi connectivity index (χ2n) is 4.41. The number of fused-ring (bicyclic) bond motifs is 1. The van der Waals surface area contributed by atoms with Crippen molar-refractivity contribution in [3.63, 3.8) is 0 Å². The summed E-state index contributed by atoms with van der Waals surface area (Å²) in [5.74, 6) is 5.24. The van der Waals surface area contributed by atoms with Crippen molar-refractivity contribution in [1.82, 2.24) is 15.4 Å². The maximum Gasteiger partial charge on any atom is 0.146 e. The molecule has 3 N–H and O–H groups in total. The Hall–Kier alpha value is -2.37. The van der Waals surface area contributed by atoms with Gasteiger partial charge in [-0.25, -0.2) is 9.82 Å². The van der Waals surface area contributed by atoms with Gasteiger partial charge in [0.05, 0.1) is 11.7 Å². The summed E-state index contributed by atoms with van der Waals surface area (Å²) in [4.78, 5) is 8.19. The predicted octanol–water partition coefficient (Wildman–Crippen LogP) is 2.32. The number of nitrogens with zero attached hydrogens (tertiary/aromatic N) is 2. The van der Waals surface area contributed by atoms with Crippen LogP contribution in [-0.2, 0) is 0 Å². The van der Waals surface area contributed by atoms with E-state index in [0.29, 0.717) is 0 Å². The van der Waals surface area contributed by atoms with Crippen LogP contribution < -0.4 is 11.3 Å². The van der Waals surface area contributed by atoms with Crippen molar-refractivity contribution in [2.24, 2.45) is 5.84 Å². The number of pyridine rings is 2. The summed E-state index contributed by atoms with van der Waals surface area (Å²) in [6, 6.07) is 10.1. The maximum absolute atomic E-state index is 13.9. The van der Waals surface area contributed by atoms with Gasteiger partial charge < -0.3 is 0 Å². The Kier molecular flexibility index (Phi) is 3.37. The van der Waals surface area contributed by atoms with Crippen molar-refractivity contribution in [1.29, 1.82) is 0 Å². The minimum Gasteiger partial charge on any atom is -0.271 e. The lowest BCUT2D eigenvalue weighted by Gasteiger charge is -2.18. The third-order valence-corrected chi connectivity index (χ3v) is 3.25. The molecule has 1 atom stereocenters. The first-order valence-electron chi connectivity index (χ1n) is 6.20. The first-order chi connectivity index (χ1) is 9.81. The molecule has 4 nitrogen and oxygen atoms in total. The topological polar surface area (TPSA) is 63.8 Å². The molecule has 0 aliphatic rings. The molecule has 1 unspecified atom stereocenters. The van der Waals surface area contributed by atoms with Crippen LogP contribution in [0.1, 0.15) is 17.3 Å². The van der Waals surface area contributed by atoms with Crippen LogP contribution in [0.25, 0.3) is 10.8 Å². The highest BCUT2D eigenvalue weighted by Crippen LogP contribution is 2.28. The van der Waals surface area contributed by atoms with E-state index in [2.05, 4.69) is 15.4 Å². The lowest BCUT2D eigenvalue weighted by molar-refractivity contribution is 0.545. The van der Waals surface area contributed by atoms with Gasteiger partial charge in [-0.05, 0) is 29.1 Å². The van der Waals surface area contributed by atoms with Crippen LogP contribution in [0.5, 0.6) is 0 Å².